The van der Waals surface area contributed by atoms with Gasteiger partial charge in [-0.1, -0.05) is 36.2 Å². The van der Waals surface area contributed by atoms with Crippen LogP contribution in [-0.4, -0.2) is 25.3 Å². The van der Waals surface area contributed by atoms with Crippen LogP contribution in [0.5, 0.6) is 0 Å². The third-order valence-electron chi connectivity index (χ3n) is 3.25. The summed E-state index contributed by atoms with van der Waals surface area (Å²) < 4.78 is 5.56. The van der Waals surface area contributed by atoms with E-state index in [1.807, 2.05) is 12.1 Å². The van der Waals surface area contributed by atoms with Crippen molar-refractivity contribution in [2.75, 3.05) is 13.7 Å². The summed E-state index contributed by atoms with van der Waals surface area (Å²) in [5.74, 6) is 0. The molecule has 1 N–H and O–H groups in total. The Morgan fingerprint density at radius 2 is 2.00 bits per heavy atom. The summed E-state index contributed by atoms with van der Waals surface area (Å²) in [5, 5.41) is 4.82. The Morgan fingerprint density at radius 1 is 1.33 bits per heavy atom. The molecule has 2 nitrogen and oxygen atoms in total. The van der Waals surface area contributed by atoms with Crippen molar-refractivity contribution in [3.8, 4) is 0 Å². The van der Waals surface area contributed by atoms with Crippen LogP contribution in [0.2, 0.25) is 10.0 Å². The quantitative estimate of drug-likeness (QED) is 0.857. The number of hydrogen-bond acceptors (Lipinski definition) is 2. The second-order valence-corrected chi connectivity index (χ2v) is 5.70. The van der Waals surface area contributed by atoms with E-state index in [9.17, 15) is 0 Å². The van der Waals surface area contributed by atoms with Gasteiger partial charge in [-0.25, -0.2) is 0 Å². The number of rotatable bonds is 6. The first kappa shape index (κ1) is 15.8. The molecule has 0 aliphatic carbocycles. The summed E-state index contributed by atoms with van der Waals surface area (Å²) in [6, 6.07) is 5.82. The molecule has 1 aromatic rings. The van der Waals surface area contributed by atoms with Crippen molar-refractivity contribution in [2.24, 2.45) is 0 Å². The van der Waals surface area contributed by atoms with Crippen LogP contribution in [-0.2, 0) is 11.2 Å². The van der Waals surface area contributed by atoms with Crippen LogP contribution in [0, 0.1) is 0 Å². The van der Waals surface area contributed by atoms with Gasteiger partial charge in [-0.2, -0.15) is 0 Å². The van der Waals surface area contributed by atoms with Gasteiger partial charge in [-0.15, -0.1) is 0 Å². The highest BCUT2D eigenvalue weighted by Gasteiger charge is 2.29. The maximum absolute atomic E-state index is 6.21. The molecule has 1 unspecified atom stereocenters. The van der Waals surface area contributed by atoms with Gasteiger partial charge in [0.15, 0.2) is 0 Å². The van der Waals surface area contributed by atoms with E-state index in [0.29, 0.717) is 10.0 Å². The average molecular weight is 290 g/mol. The molecular weight excluding hydrogens is 269 g/mol. The SMILES string of the molecule is CCNC(Cc1ccc(Cl)cc1Cl)C(C)(C)OC. The molecule has 0 fully saturated rings. The minimum Gasteiger partial charge on any atom is -0.377 e. The molecule has 0 aliphatic rings. The molecule has 0 radical (unpaired) electrons. The number of hydrogen-bond donors (Lipinski definition) is 1. The second kappa shape index (κ2) is 6.76. The predicted octanol–water partition coefficient (Wildman–Crippen LogP) is 3.94. The Bertz CT molecular complexity index is 393. The van der Waals surface area contributed by atoms with Gasteiger partial charge in [-0.05, 0) is 44.5 Å². The average Bonchev–Trinajstić information content (AvgIpc) is 2.31. The Hall–Kier alpha value is -0.280. The van der Waals surface area contributed by atoms with Crippen molar-refractivity contribution in [3.05, 3.63) is 33.8 Å². The van der Waals surface area contributed by atoms with Gasteiger partial charge in [0, 0.05) is 23.2 Å². The summed E-state index contributed by atoms with van der Waals surface area (Å²) in [6.07, 6.45) is 0.810. The lowest BCUT2D eigenvalue weighted by molar-refractivity contribution is -0.00959. The smallest absolute Gasteiger partial charge is 0.0778 e. The Morgan fingerprint density at radius 3 is 2.50 bits per heavy atom. The molecule has 1 rings (SSSR count). The van der Waals surface area contributed by atoms with E-state index >= 15 is 0 Å². The monoisotopic (exact) mass is 289 g/mol. The summed E-state index contributed by atoms with van der Waals surface area (Å²) >= 11 is 12.1. The zero-order valence-corrected chi connectivity index (χ0v) is 12.9. The molecule has 0 aliphatic heterocycles. The van der Waals surface area contributed by atoms with E-state index < -0.39 is 0 Å². The molecule has 0 bridgehead atoms. The lowest BCUT2D eigenvalue weighted by Crippen LogP contribution is -2.49. The molecule has 1 atom stereocenters. The zero-order chi connectivity index (χ0) is 13.8. The number of methoxy groups -OCH3 is 1. The molecule has 0 heterocycles. The van der Waals surface area contributed by atoms with Gasteiger partial charge in [0.1, 0.15) is 0 Å². The van der Waals surface area contributed by atoms with Gasteiger partial charge in [0.2, 0.25) is 0 Å². The van der Waals surface area contributed by atoms with Crippen molar-refractivity contribution in [2.45, 2.75) is 38.8 Å². The van der Waals surface area contributed by atoms with E-state index in [4.69, 9.17) is 27.9 Å². The highest BCUT2D eigenvalue weighted by Crippen LogP contribution is 2.25. The van der Waals surface area contributed by atoms with Gasteiger partial charge >= 0.3 is 0 Å². The maximum atomic E-state index is 6.21. The van der Waals surface area contributed by atoms with Gasteiger partial charge in [-0.3, -0.25) is 0 Å². The molecule has 0 spiro atoms. The molecule has 4 heteroatoms. The molecule has 102 valence electrons. The highest BCUT2D eigenvalue weighted by molar-refractivity contribution is 6.35. The molecule has 0 saturated heterocycles. The van der Waals surface area contributed by atoms with E-state index in [1.54, 1.807) is 13.2 Å². The van der Waals surface area contributed by atoms with E-state index in [2.05, 4.69) is 26.1 Å². The second-order valence-electron chi connectivity index (χ2n) is 4.86. The lowest BCUT2D eigenvalue weighted by Gasteiger charge is -2.34. The number of halogens is 2. The Labute approximate surface area is 120 Å². The van der Waals surface area contributed by atoms with Crippen LogP contribution in [0.15, 0.2) is 18.2 Å². The van der Waals surface area contributed by atoms with Crippen molar-refractivity contribution < 1.29 is 4.74 Å². The van der Waals surface area contributed by atoms with Crippen LogP contribution in [0.3, 0.4) is 0 Å². The third kappa shape index (κ3) is 4.13. The summed E-state index contributed by atoms with van der Waals surface area (Å²) in [4.78, 5) is 0. The summed E-state index contributed by atoms with van der Waals surface area (Å²) in [7, 11) is 1.73. The Kier molecular flexibility index (Phi) is 5.93. The minimum absolute atomic E-state index is 0.200. The van der Waals surface area contributed by atoms with Gasteiger partial charge in [0.05, 0.1) is 5.60 Å². The van der Waals surface area contributed by atoms with Crippen molar-refractivity contribution >= 4 is 23.2 Å². The first-order valence-corrected chi connectivity index (χ1v) is 6.88. The Balaban J connectivity index is 2.89. The fourth-order valence-corrected chi connectivity index (χ4v) is 2.35. The first-order valence-electron chi connectivity index (χ1n) is 6.13. The minimum atomic E-state index is -0.251. The van der Waals surface area contributed by atoms with Crippen LogP contribution in [0.1, 0.15) is 26.3 Å². The third-order valence-corrected chi connectivity index (χ3v) is 3.84. The van der Waals surface area contributed by atoms with E-state index in [0.717, 1.165) is 18.5 Å². The largest absolute Gasteiger partial charge is 0.377 e. The normalized spacial score (nSPS) is 13.7. The van der Waals surface area contributed by atoms with Crippen molar-refractivity contribution in [1.82, 2.24) is 5.32 Å². The van der Waals surface area contributed by atoms with Crippen molar-refractivity contribution in [3.63, 3.8) is 0 Å². The van der Waals surface area contributed by atoms with Crippen LogP contribution in [0.25, 0.3) is 0 Å². The molecular formula is C14H21Cl2NO. The number of ether oxygens (including phenoxy) is 1. The zero-order valence-electron chi connectivity index (χ0n) is 11.4. The van der Waals surface area contributed by atoms with Crippen LogP contribution < -0.4 is 5.32 Å². The van der Waals surface area contributed by atoms with Crippen molar-refractivity contribution in [1.29, 1.82) is 0 Å². The van der Waals surface area contributed by atoms with Gasteiger partial charge < -0.3 is 10.1 Å². The molecule has 18 heavy (non-hydrogen) atoms. The fourth-order valence-electron chi connectivity index (χ4n) is 1.86. The fraction of sp³-hybridized carbons (Fsp3) is 0.571. The maximum Gasteiger partial charge on any atom is 0.0778 e. The topological polar surface area (TPSA) is 21.3 Å². The standard InChI is InChI=1S/C14H21Cl2NO/c1-5-17-13(14(2,3)18-4)8-10-6-7-11(15)9-12(10)16/h6-7,9,13,17H,5,8H2,1-4H3. The first-order chi connectivity index (χ1) is 8.40. The van der Waals surface area contributed by atoms with Crippen LogP contribution in [0.4, 0.5) is 0 Å². The van der Waals surface area contributed by atoms with Gasteiger partial charge in [0.25, 0.3) is 0 Å². The number of benzene rings is 1. The number of nitrogens with one attached hydrogen (secondary N) is 1. The van der Waals surface area contributed by atoms with E-state index in [1.165, 1.54) is 0 Å². The molecule has 1 aromatic carbocycles. The highest BCUT2D eigenvalue weighted by atomic mass is 35.5. The predicted molar refractivity (Wildman–Crippen MR) is 78.7 cm³/mol. The lowest BCUT2D eigenvalue weighted by atomic mass is 9.92. The van der Waals surface area contributed by atoms with E-state index in [-0.39, 0.29) is 11.6 Å². The number of likely N-dealkylation sites (N-methyl/N-ethyl adjacent to an activating group) is 1. The summed E-state index contributed by atoms with van der Waals surface area (Å²) in [6.45, 7) is 7.12. The molecule has 0 aromatic heterocycles. The van der Waals surface area contributed by atoms with Crippen LogP contribution >= 0.6 is 23.2 Å². The molecule has 0 saturated carbocycles. The molecule has 0 amide bonds. The summed E-state index contributed by atoms with van der Waals surface area (Å²) in [5.41, 5.74) is 0.830.